The predicted octanol–water partition coefficient (Wildman–Crippen LogP) is 6.47. The highest BCUT2D eigenvalue weighted by Crippen LogP contribution is 2.64. The molecule has 7 atom stereocenters. The Bertz CT molecular complexity index is 721. The van der Waals surface area contributed by atoms with E-state index in [2.05, 4.69) is 50.3 Å². The lowest BCUT2D eigenvalue weighted by molar-refractivity contribution is -0.100. The molecule has 5 rings (SSSR count). The Morgan fingerprint density at radius 3 is 2.48 bits per heavy atom. The summed E-state index contributed by atoms with van der Waals surface area (Å²) in [6.07, 6.45) is 14.0. The normalized spacial score (nSPS) is 48.0. The van der Waals surface area contributed by atoms with Crippen molar-refractivity contribution in [2.24, 2.45) is 35.0 Å². The van der Waals surface area contributed by atoms with Crippen LogP contribution in [0.1, 0.15) is 77.2 Å². The second-order valence-corrected chi connectivity index (χ2v) is 10.4. The van der Waals surface area contributed by atoms with Crippen LogP contribution in [0.2, 0.25) is 0 Å². The second-order valence-electron chi connectivity index (χ2n) is 10.4. The number of hydrogen-bond donors (Lipinski definition) is 1. The average Bonchev–Trinajstić information content (AvgIpc) is 3.04. The number of fused-ring (bicyclic) bond motifs is 5. The molecular formula is C26H36O. The first-order valence-corrected chi connectivity index (χ1v) is 11.5. The first-order chi connectivity index (χ1) is 13.0. The number of hydrogen-bond acceptors (Lipinski definition) is 1. The van der Waals surface area contributed by atoms with Crippen molar-refractivity contribution in [3.8, 4) is 0 Å². The van der Waals surface area contributed by atoms with Gasteiger partial charge < -0.3 is 5.11 Å². The van der Waals surface area contributed by atoms with E-state index in [4.69, 9.17) is 0 Å². The fourth-order valence-corrected chi connectivity index (χ4v) is 8.21. The standard InChI is InChI=1S/C26H36O/c1-3-19-10-12-24-23-11-9-18-17-26(27,20-7-5-4-6-8-20)16-14-21(18)22(23)13-15-25(19,24)2/h3-8,18,21-24,27H,9-17H2,1-2H3/b19-3-/t18-,21-,22+,23+,24-,25+,26+/m0/s1. The van der Waals surface area contributed by atoms with Crippen LogP contribution in [0.25, 0.3) is 0 Å². The van der Waals surface area contributed by atoms with Gasteiger partial charge >= 0.3 is 0 Å². The van der Waals surface area contributed by atoms with Crippen LogP contribution in [-0.4, -0.2) is 5.11 Å². The first-order valence-electron chi connectivity index (χ1n) is 11.5. The molecule has 4 aliphatic carbocycles. The summed E-state index contributed by atoms with van der Waals surface area (Å²) in [7, 11) is 0. The molecule has 4 aliphatic rings. The number of allylic oxidation sites excluding steroid dienone is 2. The van der Waals surface area contributed by atoms with E-state index in [1.54, 1.807) is 5.57 Å². The Hall–Kier alpha value is -1.08. The Labute approximate surface area is 165 Å². The summed E-state index contributed by atoms with van der Waals surface area (Å²) in [5, 5.41) is 11.4. The van der Waals surface area contributed by atoms with E-state index >= 15 is 0 Å². The van der Waals surface area contributed by atoms with Crippen molar-refractivity contribution in [3.05, 3.63) is 47.5 Å². The molecule has 0 saturated heterocycles. The van der Waals surface area contributed by atoms with E-state index in [-0.39, 0.29) is 0 Å². The molecule has 0 bridgehead atoms. The van der Waals surface area contributed by atoms with Crippen LogP contribution in [0.15, 0.2) is 42.0 Å². The van der Waals surface area contributed by atoms with Crippen LogP contribution in [0.4, 0.5) is 0 Å². The van der Waals surface area contributed by atoms with E-state index in [1.807, 2.05) is 0 Å². The number of benzene rings is 1. The maximum Gasteiger partial charge on any atom is 0.0899 e. The third kappa shape index (κ3) is 2.68. The lowest BCUT2D eigenvalue weighted by Gasteiger charge is -2.56. The number of aliphatic hydroxyl groups is 1. The Morgan fingerprint density at radius 1 is 0.926 bits per heavy atom. The molecule has 0 radical (unpaired) electrons. The Kier molecular flexibility index (Phi) is 4.31. The van der Waals surface area contributed by atoms with Crippen LogP contribution in [-0.2, 0) is 5.60 Å². The molecule has 0 unspecified atom stereocenters. The van der Waals surface area contributed by atoms with Crippen LogP contribution >= 0.6 is 0 Å². The highest BCUT2D eigenvalue weighted by atomic mass is 16.3. The molecule has 146 valence electrons. The molecule has 1 nitrogen and oxygen atoms in total. The van der Waals surface area contributed by atoms with Gasteiger partial charge in [0.2, 0.25) is 0 Å². The zero-order valence-corrected chi connectivity index (χ0v) is 17.2. The maximum atomic E-state index is 11.4. The summed E-state index contributed by atoms with van der Waals surface area (Å²) in [6.45, 7) is 4.84. The van der Waals surface area contributed by atoms with Crippen LogP contribution < -0.4 is 0 Å². The minimum atomic E-state index is -0.579. The minimum Gasteiger partial charge on any atom is -0.385 e. The third-order valence-corrected chi connectivity index (χ3v) is 9.52. The van der Waals surface area contributed by atoms with Gasteiger partial charge in [0.1, 0.15) is 0 Å². The van der Waals surface area contributed by atoms with Crippen LogP contribution in [0, 0.1) is 35.0 Å². The summed E-state index contributed by atoms with van der Waals surface area (Å²) in [4.78, 5) is 0. The maximum absolute atomic E-state index is 11.4. The van der Waals surface area contributed by atoms with Crippen LogP contribution in [0.5, 0.6) is 0 Å². The van der Waals surface area contributed by atoms with Gasteiger partial charge in [-0.1, -0.05) is 48.9 Å². The van der Waals surface area contributed by atoms with E-state index in [0.717, 1.165) is 48.0 Å². The summed E-state index contributed by atoms with van der Waals surface area (Å²) < 4.78 is 0. The molecule has 1 N–H and O–H groups in total. The van der Waals surface area contributed by atoms with Crippen molar-refractivity contribution < 1.29 is 5.11 Å². The molecule has 1 aromatic carbocycles. The molecule has 0 amide bonds. The fraction of sp³-hybridized carbons (Fsp3) is 0.692. The van der Waals surface area contributed by atoms with Gasteiger partial charge in [-0.3, -0.25) is 0 Å². The average molecular weight is 365 g/mol. The molecule has 27 heavy (non-hydrogen) atoms. The largest absolute Gasteiger partial charge is 0.385 e. The van der Waals surface area contributed by atoms with E-state index in [9.17, 15) is 5.11 Å². The molecule has 0 aliphatic heterocycles. The van der Waals surface area contributed by atoms with Crippen molar-refractivity contribution in [1.82, 2.24) is 0 Å². The number of rotatable bonds is 1. The minimum absolute atomic E-state index is 0.502. The summed E-state index contributed by atoms with van der Waals surface area (Å²) >= 11 is 0. The molecule has 1 heteroatoms. The van der Waals surface area contributed by atoms with Crippen molar-refractivity contribution in [2.45, 2.75) is 77.2 Å². The van der Waals surface area contributed by atoms with Gasteiger partial charge in [0.05, 0.1) is 5.60 Å². The monoisotopic (exact) mass is 364 g/mol. The van der Waals surface area contributed by atoms with Gasteiger partial charge in [-0.05, 0) is 105 Å². The predicted molar refractivity (Wildman–Crippen MR) is 111 cm³/mol. The van der Waals surface area contributed by atoms with Gasteiger partial charge in [-0.15, -0.1) is 0 Å². The molecular weight excluding hydrogens is 328 g/mol. The fourth-order valence-electron chi connectivity index (χ4n) is 8.21. The molecule has 4 fully saturated rings. The van der Waals surface area contributed by atoms with Crippen molar-refractivity contribution in [2.75, 3.05) is 0 Å². The first kappa shape index (κ1) is 18.0. The van der Waals surface area contributed by atoms with E-state index in [1.165, 1.54) is 44.9 Å². The summed E-state index contributed by atoms with van der Waals surface area (Å²) in [5.41, 5.74) is 2.83. The summed E-state index contributed by atoms with van der Waals surface area (Å²) in [5.74, 6) is 4.41. The molecule has 0 spiro atoms. The van der Waals surface area contributed by atoms with Crippen molar-refractivity contribution >= 4 is 0 Å². The van der Waals surface area contributed by atoms with Crippen molar-refractivity contribution in [1.29, 1.82) is 0 Å². The van der Waals surface area contributed by atoms with Gasteiger partial charge in [0.15, 0.2) is 0 Å². The second kappa shape index (κ2) is 6.48. The molecule has 4 saturated carbocycles. The lowest BCUT2D eigenvalue weighted by Crippen LogP contribution is -2.49. The lowest BCUT2D eigenvalue weighted by atomic mass is 9.49. The zero-order valence-electron chi connectivity index (χ0n) is 17.2. The van der Waals surface area contributed by atoms with Gasteiger partial charge in [-0.25, -0.2) is 0 Å². The smallest absolute Gasteiger partial charge is 0.0899 e. The van der Waals surface area contributed by atoms with Crippen LogP contribution in [0.3, 0.4) is 0 Å². The molecule has 0 heterocycles. The van der Waals surface area contributed by atoms with Crippen molar-refractivity contribution in [3.63, 3.8) is 0 Å². The quantitative estimate of drug-likeness (QED) is 0.566. The highest BCUT2D eigenvalue weighted by Gasteiger charge is 2.56. The molecule has 1 aromatic rings. The van der Waals surface area contributed by atoms with Gasteiger partial charge in [0, 0.05) is 0 Å². The SMILES string of the molecule is C/C=C1/CC[C@H]2[C@@H]3CC[C@H]4C[C@@](O)(c5ccccc5)CC[C@@H]4[C@H]3CC[C@]12C. The summed E-state index contributed by atoms with van der Waals surface area (Å²) in [6, 6.07) is 10.5. The van der Waals surface area contributed by atoms with Gasteiger partial charge in [0.25, 0.3) is 0 Å². The van der Waals surface area contributed by atoms with Gasteiger partial charge in [-0.2, -0.15) is 0 Å². The Morgan fingerprint density at radius 2 is 1.70 bits per heavy atom. The zero-order chi connectivity index (χ0) is 18.6. The topological polar surface area (TPSA) is 20.2 Å². The highest BCUT2D eigenvalue weighted by molar-refractivity contribution is 5.25. The molecule has 0 aromatic heterocycles. The van der Waals surface area contributed by atoms with E-state index < -0.39 is 5.60 Å². The third-order valence-electron chi connectivity index (χ3n) is 9.52. The Balaban J connectivity index is 1.36. The van der Waals surface area contributed by atoms with E-state index in [0.29, 0.717) is 5.41 Å².